The van der Waals surface area contributed by atoms with E-state index in [9.17, 15) is 9.59 Å². The fraction of sp³-hybridized carbons (Fsp3) is 0.0952. The van der Waals surface area contributed by atoms with Gasteiger partial charge < -0.3 is 24.8 Å². The standard InChI is InChI=1S/C42H36N2O5/c45-41(37-15-7-9-17-39(37)47-29-27-31-11-3-1-4-12-31)43-33-19-23-35(24-20-33)49-36-25-21-34(22-26-36)44-42(46)38-16-8-10-18-40(38)48-30-28-32-13-5-2-6-14-32/h1-26H,27-30H2,(H,43,45)(H,44,46). The van der Waals surface area contributed by atoms with Crippen molar-refractivity contribution in [2.75, 3.05) is 23.8 Å². The molecular formula is C42H36N2O5. The average Bonchev–Trinajstić information content (AvgIpc) is 3.14. The lowest BCUT2D eigenvalue weighted by atomic mass is 10.1. The number of hydrogen-bond acceptors (Lipinski definition) is 5. The fourth-order valence-electron chi connectivity index (χ4n) is 5.15. The number of ether oxygens (including phenoxy) is 3. The molecule has 244 valence electrons. The molecule has 2 amide bonds. The molecule has 0 unspecified atom stereocenters. The Morgan fingerprint density at radius 3 is 1.20 bits per heavy atom. The predicted molar refractivity (Wildman–Crippen MR) is 193 cm³/mol. The van der Waals surface area contributed by atoms with Crippen LogP contribution in [0.2, 0.25) is 0 Å². The number of carbonyl (C=O) groups is 2. The summed E-state index contributed by atoms with van der Waals surface area (Å²) in [6.45, 7) is 0.929. The predicted octanol–water partition coefficient (Wildman–Crippen LogP) is 9.23. The van der Waals surface area contributed by atoms with Gasteiger partial charge in [-0.15, -0.1) is 0 Å². The maximum Gasteiger partial charge on any atom is 0.259 e. The molecule has 2 N–H and O–H groups in total. The van der Waals surface area contributed by atoms with Gasteiger partial charge in [-0.1, -0.05) is 84.9 Å². The molecule has 0 atom stereocenters. The van der Waals surface area contributed by atoms with Crippen LogP contribution >= 0.6 is 0 Å². The molecule has 7 nitrogen and oxygen atoms in total. The number of nitrogens with one attached hydrogen (secondary N) is 2. The summed E-state index contributed by atoms with van der Waals surface area (Å²) < 4.78 is 17.9. The Morgan fingerprint density at radius 2 is 0.796 bits per heavy atom. The molecule has 0 bridgehead atoms. The molecule has 0 aliphatic rings. The first-order valence-electron chi connectivity index (χ1n) is 16.1. The van der Waals surface area contributed by atoms with Crippen molar-refractivity contribution >= 4 is 23.2 Å². The molecule has 7 heteroatoms. The normalized spacial score (nSPS) is 10.5. The van der Waals surface area contributed by atoms with Gasteiger partial charge in [0.2, 0.25) is 0 Å². The minimum Gasteiger partial charge on any atom is -0.492 e. The maximum atomic E-state index is 13.1. The number of amides is 2. The van der Waals surface area contributed by atoms with Gasteiger partial charge in [-0.05, 0) is 83.9 Å². The summed E-state index contributed by atoms with van der Waals surface area (Å²) in [5.41, 5.74) is 4.52. The van der Waals surface area contributed by atoms with Crippen LogP contribution in [-0.4, -0.2) is 25.0 Å². The van der Waals surface area contributed by atoms with E-state index in [0.29, 0.717) is 58.7 Å². The minimum absolute atomic E-state index is 0.261. The molecule has 0 radical (unpaired) electrons. The van der Waals surface area contributed by atoms with Gasteiger partial charge in [-0.3, -0.25) is 9.59 Å². The molecule has 0 aliphatic heterocycles. The largest absolute Gasteiger partial charge is 0.492 e. The zero-order valence-electron chi connectivity index (χ0n) is 26.9. The van der Waals surface area contributed by atoms with E-state index < -0.39 is 0 Å². The van der Waals surface area contributed by atoms with E-state index in [1.165, 1.54) is 11.1 Å². The van der Waals surface area contributed by atoms with Gasteiger partial charge in [-0.25, -0.2) is 0 Å². The van der Waals surface area contributed by atoms with E-state index in [4.69, 9.17) is 14.2 Å². The number of carbonyl (C=O) groups excluding carboxylic acids is 2. The van der Waals surface area contributed by atoms with E-state index in [2.05, 4.69) is 34.9 Å². The van der Waals surface area contributed by atoms with Crippen LogP contribution in [-0.2, 0) is 12.8 Å². The summed E-state index contributed by atoms with van der Waals surface area (Å²) in [6.07, 6.45) is 1.49. The Hall–Kier alpha value is -6.34. The van der Waals surface area contributed by atoms with Gasteiger partial charge in [0.15, 0.2) is 0 Å². The third-order valence-electron chi connectivity index (χ3n) is 7.71. The molecule has 0 saturated carbocycles. The minimum atomic E-state index is -0.261. The lowest BCUT2D eigenvalue weighted by Crippen LogP contribution is -2.14. The summed E-state index contributed by atoms with van der Waals surface area (Å²) in [5.74, 6) is 1.74. The van der Waals surface area contributed by atoms with Crippen molar-refractivity contribution in [1.82, 2.24) is 0 Å². The van der Waals surface area contributed by atoms with Crippen LogP contribution in [0.1, 0.15) is 31.8 Å². The van der Waals surface area contributed by atoms with Crippen molar-refractivity contribution in [3.63, 3.8) is 0 Å². The maximum absolute atomic E-state index is 13.1. The Kier molecular flexibility index (Phi) is 11.0. The highest BCUT2D eigenvalue weighted by molar-refractivity contribution is 6.06. The molecule has 0 spiro atoms. The lowest BCUT2D eigenvalue weighted by Gasteiger charge is -2.13. The van der Waals surface area contributed by atoms with Crippen molar-refractivity contribution < 1.29 is 23.8 Å². The number of rotatable bonds is 14. The Labute approximate surface area is 286 Å². The summed E-state index contributed by atoms with van der Waals surface area (Å²) >= 11 is 0. The van der Waals surface area contributed by atoms with Gasteiger partial charge in [0.05, 0.1) is 24.3 Å². The Balaban J connectivity index is 0.995. The molecule has 0 fully saturated rings. The first-order chi connectivity index (χ1) is 24.1. The van der Waals surface area contributed by atoms with Gasteiger partial charge in [0.25, 0.3) is 11.8 Å². The third-order valence-corrected chi connectivity index (χ3v) is 7.71. The molecule has 49 heavy (non-hydrogen) atoms. The molecule has 0 heterocycles. The summed E-state index contributed by atoms with van der Waals surface area (Å²) in [7, 11) is 0. The number of anilines is 2. The molecule has 6 aromatic rings. The summed E-state index contributed by atoms with van der Waals surface area (Å²) in [6, 6.07) is 48.8. The molecular weight excluding hydrogens is 612 g/mol. The highest BCUT2D eigenvalue weighted by atomic mass is 16.5. The fourth-order valence-corrected chi connectivity index (χ4v) is 5.15. The molecule has 0 saturated heterocycles. The Morgan fingerprint density at radius 1 is 0.429 bits per heavy atom. The summed E-state index contributed by atoms with van der Waals surface area (Å²) in [4.78, 5) is 26.2. The third kappa shape index (κ3) is 9.36. The zero-order chi connectivity index (χ0) is 33.7. The number of benzene rings is 6. The lowest BCUT2D eigenvalue weighted by molar-refractivity contribution is 0.101. The van der Waals surface area contributed by atoms with Crippen LogP contribution in [0.15, 0.2) is 158 Å². The van der Waals surface area contributed by atoms with Crippen molar-refractivity contribution in [1.29, 1.82) is 0 Å². The monoisotopic (exact) mass is 648 g/mol. The molecule has 6 rings (SSSR count). The van der Waals surface area contributed by atoms with Gasteiger partial charge >= 0.3 is 0 Å². The van der Waals surface area contributed by atoms with E-state index in [0.717, 1.165) is 12.8 Å². The van der Waals surface area contributed by atoms with Crippen molar-refractivity contribution in [3.05, 3.63) is 180 Å². The van der Waals surface area contributed by atoms with Crippen LogP contribution in [0.4, 0.5) is 11.4 Å². The van der Waals surface area contributed by atoms with Gasteiger partial charge in [-0.2, -0.15) is 0 Å². The van der Waals surface area contributed by atoms with Gasteiger partial charge in [0.1, 0.15) is 23.0 Å². The zero-order valence-corrected chi connectivity index (χ0v) is 26.9. The van der Waals surface area contributed by atoms with Crippen molar-refractivity contribution in [3.8, 4) is 23.0 Å². The van der Waals surface area contributed by atoms with Crippen LogP contribution in [0.25, 0.3) is 0 Å². The molecule has 0 aromatic heterocycles. The topological polar surface area (TPSA) is 85.9 Å². The van der Waals surface area contributed by atoms with E-state index in [1.54, 1.807) is 72.8 Å². The van der Waals surface area contributed by atoms with Crippen LogP contribution in [0.5, 0.6) is 23.0 Å². The van der Waals surface area contributed by atoms with E-state index >= 15 is 0 Å². The van der Waals surface area contributed by atoms with Crippen molar-refractivity contribution in [2.45, 2.75) is 12.8 Å². The Bertz CT molecular complexity index is 1820. The van der Waals surface area contributed by atoms with Crippen LogP contribution in [0, 0.1) is 0 Å². The van der Waals surface area contributed by atoms with E-state index in [-0.39, 0.29) is 11.8 Å². The second kappa shape index (κ2) is 16.5. The quantitative estimate of drug-likeness (QED) is 0.123. The number of hydrogen-bond donors (Lipinski definition) is 2. The highest BCUT2D eigenvalue weighted by Crippen LogP contribution is 2.27. The second-order valence-corrected chi connectivity index (χ2v) is 11.2. The first kappa shape index (κ1) is 32.6. The smallest absolute Gasteiger partial charge is 0.259 e. The van der Waals surface area contributed by atoms with Crippen molar-refractivity contribution in [2.24, 2.45) is 0 Å². The van der Waals surface area contributed by atoms with Crippen LogP contribution < -0.4 is 24.8 Å². The molecule has 6 aromatic carbocycles. The molecule has 0 aliphatic carbocycles. The van der Waals surface area contributed by atoms with E-state index in [1.807, 2.05) is 60.7 Å². The van der Waals surface area contributed by atoms with Crippen LogP contribution in [0.3, 0.4) is 0 Å². The summed E-state index contributed by atoms with van der Waals surface area (Å²) in [5, 5.41) is 5.87. The second-order valence-electron chi connectivity index (χ2n) is 11.2. The SMILES string of the molecule is O=C(Nc1ccc(Oc2ccc(NC(=O)c3ccccc3OCCc3ccccc3)cc2)cc1)c1ccccc1OCCc1ccccc1. The van der Waals surface area contributed by atoms with Gasteiger partial charge in [0, 0.05) is 24.2 Å². The first-order valence-corrected chi connectivity index (χ1v) is 16.1. The highest BCUT2D eigenvalue weighted by Gasteiger charge is 2.14. The average molecular weight is 649 g/mol. The number of para-hydroxylation sites is 2.